The number of rotatable bonds is 6. The molecule has 0 atom stereocenters. The van der Waals surface area contributed by atoms with E-state index in [9.17, 15) is 9.59 Å². The monoisotopic (exact) mass is 259 g/mol. The van der Waals surface area contributed by atoms with E-state index in [1.54, 1.807) is 6.20 Å². The number of hydrogen-bond donors (Lipinski definition) is 1. The zero-order chi connectivity index (χ0) is 13.7. The van der Waals surface area contributed by atoms with Gasteiger partial charge in [0, 0.05) is 35.5 Å². The first-order valence-electron chi connectivity index (χ1n) is 6.38. The normalized spacial score (nSPS) is 10.6. The fourth-order valence-electron chi connectivity index (χ4n) is 2.09. The number of benzene rings is 1. The highest BCUT2D eigenvalue weighted by molar-refractivity contribution is 6.07. The third-order valence-corrected chi connectivity index (χ3v) is 3.15. The lowest BCUT2D eigenvalue weighted by Gasteiger charge is -2.00. The van der Waals surface area contributed by atoms with Gasteiger partial charge in [0.2, 0.25) is 0 Å². The topological polar surface area (TPSA) is 59.2 Å². The molecule has 0 amide bonds. The van der Waals surface area contributed by atoms with Crippen LogP contribution in [0.4, 0.5) is 0 Å². The van der Waals surface area contributed by atoms with E-state index >= 15 is 0 Å². The minimum absolute atomic E-state index is 0.113. The number of ketones is 1. The van der Waals surface area contributed by atoms with Crippen molar-refractivity contribution in [2.24, 2.45) is 0 Å². The van der Waals surface area contributed by atoms with Crippen LogP contribution in [0, 0.1) is 0 Å². The number of unbranched alkanes of at least 4 members (excludes halogenated alkanes) is 1. The number of ether oxygens (including phenoxy) is 1. The summed E-state index contributed by atoms with van der Waals surface area (Å²) in [5, 5.41) is 0.959. The van der Waals surface area contributed by atoms with E-state index in [-0.39, 0.29) is 11.8 Å². The molecule has 0 aliphatic carbocycles. The van der Waals surface area contributed by atoms with Crippen LogP contribution in [0.15, 0.2) is 30.5 Å². The number of esters is 1. The summed E-state index contributed by atoms with van der Waals surface area (Å²) >= 11 is 0. The van der Waals surface area contributed by atoms with E-state index in [0.29, 0.717) is 25.7 Å². The van der Waals surface area contributed by atoms with Crippen molar-refractivity contribution >= 4 is 22.7 Å². The van der Waals surface area contributed by atoms with Gasteiger partial charge in [-0.25, -0.2) is 0 Å². The molecule has 19 heavy (non-hydrogen) atoms. The molecule has 1 N–H and O–H groups in total. The highest BCUT2D eigenvalue weighted by Gasteiger charge is 2.11. The van der Waals surface area contributed by atoms with Gasteiger partial charge in [-0.3, -0.25) is 9.59 Å². The van der Waals surface area contributed by atoms with Crippen molar-refractivity contribution in [3.63, 3.8) is 0 Å². The van der Waals surface area contributed by atoms with Gasteiger partial charge in [-0.15, -0.1) is 0 Å². The highest BCUT2D eigenvalue weighted by atomic mass is 16.5. The fraction of sp³-hybridized carbons (Fsp3) is 0.333. The van der Waals surface area contributed by atoms with Crippen LogP contribution < -0.4 is 0 Å². The Morgan fingerprint density at radius 1 is 1.16 bits per heavy atom. The van der Waals surface area contributed by atoms with Gasteiger partial charge in [0.1, 0.15) is 0 Å². The maximum absolute atomic E-state index is 12.1. The second-order valence-corrected chi connectivity index (χ2v) is 4.45. The van der Waals surface area contributed by atoms with Gasteiger partial charge < -0.3 is 9.72 Å². The van der Waals surface area contributed by atoms with Crippen LogP contribution >= 0.6 is 0 Å². The van der Waals surface area contributed by atoms with E-state index in [0.717, 1.165) is 16.5 Å². The first-order valence-corrected chi connectivity index (χ1v) is 6.38. The summed E-state index contributed by atoms with van der Waals surface area (Å²) in [5.74, 6) is -0.109. The average molecular weight is 259 g/mol. The molecule has 1 heterocycles. The molecule has 0 unspecified atom stereocenters. The molecule has 2 rings (SSSR count). The van der Waals surface area contributed by atoms with Crippen molar-refractivity contribution in [1.29, 1.82) is 0 Å². The molecule has 0 fully saturated rings. The van der Waals surface area contributed by atoms with Crippen molar-refractivity contribution in [3.8, 4) is 0 Å². The minimum Gasteiger partial charge on any atom is -0.469 e. The molecule has 0 bridgehead atoms. The molecule has 0 spiro atoms. The molecule has 1 aromatic heterocycles. The van der Waals surface area contributed by atoms with Crippen molar-refractivity contribution in [1.82, 2.24) is 4.98 Å². The molecule has 4 nitrogen and oxygen atoms in total. The molecule has 0 saturated heterocycles. The van der Waals surface area contributed by atoms with Gasteiger partial charge >= 0.3 is 5.97 Å². The molecule has 0 radical (unpaired) electrons. The largest absolute Gasteiger partial charge is 0.469 e. The zero-order valence-electron chi connectivity index (χ0n) is 10.9. The first-order chi connectivity index (χ1) is 9.22. The number of hydrogen-bond acceptors (Lipinski definition) is 3. The molecule has 2 aromatic rings. The number of Topliss-reactive ketones (excluding diaryl/α,β-unsaturated/α-hetero) is 1. The Hall–Kier alpha value is -2.10. The van der Waals surface area contributed by atoms with Crippen LogP contribution in [0.1, 0.15) is 36.0 Å². The summed E-state index contributed by atoms with van der Waals surface area (Å²) < 4.78 is 4.56. The van der Waals surface area contributed by atoms with Gasteiger partial charge in [0.25, 0.3) is 0 Å². The number of para-hydroxylation sites is 1. The standard InChI is InChI=1S/C15H17NO3/c1-19-15(18)9-5-4-8-14(17)12-10-16-13-7-3-2-6-11(12)13/h2-3,6-7,10,16H,4-5,8-9H2,1H3. The van der Waals surface area contributed by atoms with E-state index in [1.807, 2.05) is 24.3 Å². The Labute approximate surface area is 111 Å². The number of fused-ring (bicyclic) bond motifs is 1. The molecule has 0 aliphatic rings. The summed E-state index contributed by atoms with van der Waals surface area (Å²) in [5.41, 5.74) is 1.70. The van der Waals surface area contributed by atoms with Crippen LogP contribution in [0.2, 0.25) is 0 Å². The molecule has 0 aliphatic heterocycles. The second-order valence-electron chi connectivity index (χ2n) is 4.45. The molecule has 0 saturated carbocycles. The van der Waals surface area contributed by atoms with Crippen LogP contribution in [-0.2, 0) is 9.53 Å². The maximum Gasteiger partial charge on any atom is 0.305 e. The quantitative estimate of drug-likeness (QED) is 0.492. The predicted octanol–water partition coefficient (Wildman–Crippen LogP) is 3.08. The van der Waals surface area contributed by atoms with Crippen molar-refractivity contribution < 1.29 is 14.3 Å². The summed E-state index contributed by atoms with van der Waals surface area (Å²) in [6.07, 6.45) is 3.97. The van der Waals surface area contributed by atoms with Crippen LogP contribution in [0.25, 0.3) is 10.9 Å². The summed E-state index contributed by atoms with van der Waals surface area (Å²) in [4.78, 5) is 26.1. The molecule has 100 valence electrons. The number of methoxy groups -OCH3 is 1. The molecular formula is C15H17NO3. The van der Waals surface area contributed by atoms with Gasteiger partial charge in [-0.1, -0.05) is 18.2 Å². The van der Waals surface area contributed by atoms with Crippen molar-refractivity contribution in [2.75, 3.05) is 7.11 Å². The number of carbonyl (C=O) groups is 2. The minimum atomic E-state index is -0.223. The third-order valence-electron chi connectivity index (χ3n) is 3.15. The number of carbonyl (C=O) groups excluding carboxylic acids is 2. The van der Waals surface area contributed by atoms with Crippen LogP contribution in [0.3, 0.4) is 0 Å². The Morgan fingerprint density at radius 2 is 1.89 bits per heavy atom. The van der Waals surface area contributed by atoms with Crippen molar-refractivity contribution in [2.45, 2.75) is 25.7 Å². The number of nitrogens with one attached hydrogen (secondary N) is 1. The molecule has 4 heteroatoms. The van der Waals surface area contributed by atoms with Crippen LogP contribution in [0.5, 0.6) is 0 Å². The maximum atomic E-state index is 12.1. The Balaban J connectivity index is 1.91. The third kappa shape index (κ3) is 3.22. The Morgan fingerprint density at radius 3 is 2.68 bits per heavy atom. The van der Waals surface area contributed by atoms with E-state index < -0.39 is 0 Å². The lowest BCUT2D eigenvalue weighted by molar-refractivity contribution is -0.140. The van der Waals surface area contributed by atoms with Crippen LogP contribution in [-0.4, -0.2) is 23.8 Å². The summed E-state index contributed by atoms with van der Waals surface area (Å²) in [7, 11) is 1.37. The molecular weight excluding hydrogens is 242 g/mol. The van der Waals surface area contributed by atoms with E-state index in [2.05, 4.69) is 9.72 Å². The van der Waals surface area contributed by atoms with Gasteiger partial charge in [-0.2, -0.15) is 0 Å². The smallest absolute Gasteiger partial charge is 0.305 e. The molecule has 1 aromatic carbocycles. The van der Waals surface area contributed by atoms with Gasteiger partial charge in [0.15, 0.2) is 5.78 Å². The Bertz CT molecular complexity index is 586. The van der Waals surface area contributed by atoms with E-state index in [4.69, 9.17) is 0 Å². The predicted molar refractivity (Wildman–Crippen MR) is 73.1 cm³/mol. The summed E-state index contributed by atoms with van der Waals surface area (Å²) in [6, 6.07) is 7.74. The fourth-order valence-corrected chi connectivity index (χ4v) is 2.09. The number of aromatic amines is 1. The van der Waals surface area contributed by atoms with Crippen molar-refractivity contribution in [3.05, 3.63) is 36.0 Å². The first kappa shape index (κ1) is 13.3. The lowest BCUT2D eigenvalue weighted by atomic mass is 10.0. The van der Waals surface area contributed by atoms with Gasteiger partial charge in [0.05, 0.1) is 7.11 Å². The number of H-pyrrole nitrogens is 1. The SMILES string of the molecule is COC(=O)CCCCC(=O)c1c[nH]c2ccccc12. The second kappa shape index (κ2) is 6.18. The highest BCUT2D eigenvalue weighted by Crippen LogP contribution is 2.20. The van der Waals surface area contributed by atoms with Gasteiger partial charge in [-0.05, 0) is 18.9 Å². The lowest BCUT2D eigenvalue weighted by Crippen LogP contribution is -2.01. The summed E-state index contributed by atoms with van der Waals surface area (Å²) in [6.45, 7) is 0. The zero-order valence-corrected chi connectivity index (χ0v) is 10.9. The number of aromatic nitrogens is 1. The Kier molecular flexibility index (Phi) is 4.34. The average Bonchev–Trinajstić information content (AvgIpc) is 2.87. The van der Waals surface area contributed by atoms with E-state index in [1.165, 1.54) is 7.11 Å².